The number of ether oxygens (including phenoxy) is 1. The zero-order valence-corrected chi connectivity index (χ0v) is 17.9. The van der Waals surface area contributed by atoms with Crippen molar-refractivity contribution in [3.05, 3.63) is 72.1 Å². The van der Waals surface area contributed by atoms with Gasteiger partial charge in [-0.15, -0.1) is 10.2 Å². The van der Waals surface area contributed by atoms with Gasteiger partial charge in [0, 0.05) is 30.9 Å². The van der Waals surface area contributed by atoms with Gasteiger partial charge < -0.3 is 15.4 Å². The topological polar surface area (TPSA) is 81.6 Å². The van der Waals surface area contributed by atoms with Crippen molar-refractivity contribution in [3.8, 4) is 17.1 Å². The maximum absolute atomic E-state index is 6.45. The summed E-state index contributed by atoms with van der Waals surface area (Å²) in [7, 11) is 0. The van der Waals surface area contributed by atoms with Crippen LogP contribution >= 0.6 is 0 Å². The van der Waals surface area contributed by atoms with Gasteiger partial charge in [0.25, 0.3) is 0 Å². The number of nitrogens with zero attached hydrogens (tertiary/aromatic N) is 5. The molecule has 3 aromatic heterocycles. The minimum absolute atomic E-state index is 0.00826. The molecule has 1 aliphatic carbocycles. The van der Waals surface area contributed by atoms with Crippen LogP contribution in [0.25, 0.3) is 17.0 Å². The van der Waals surface area contributed by atoms with Gasteiger partial charge in [-0.25, -0.2) is 4.98 Å². The summed E-state index contributed by atoms with van der Waals surface area (Å²) in [6.45, 7) is 2.11. The first-order valence-electron chi connectivity index (χ1n) is 11.3. The average Bonchev–Trinajstić information content (AvgIpc) is 3.51. The zero-order valence-electron chi connectivity index (χ0n) is 17.9. The Morgan fingerprint density at radius 2 is 1.78 bits per heavy atom. The number of rotatable bonds is 4. The number of aromatic nitrogens is 4. The third-order valence-electron chi connectivity index (χ3n) is 6.57. The fraction of sp³-hybridized carbons (Fsp3) is 0.320. The first-order valence-corrected chi connectivity index (χ1v) is 11.3. The van der Waals surface area contributed by atoms with E-state index in [2.05, 4.69) is 44.3 Å². The molecule has 2 atom stereocenters. The second kappa shape index (κ2) is 7.91. The standard InChI is InChI=1S/C25H26N6O/c26-21-8-9-22(20-6-2-1-5-19(20)21)32-18-7-10-23-28-29-25(31(23)16-18)17-11-12-27-24(15-17)30-13-3-4-14-30/h1-2,5-7,10-12,15-16,21-22H,3-4,8-9,13-14,26H2. The molecule has 0 bridgehead atoms. The minimum atomic E-state index is -0.00826. The van der Waals surface area contributed by atoms with Gasteiger partial charge in [0.05, 0.1) is 6.20 Å². The van der Waals surface area contributed by atoms with Crippen LogP contribution in [0.3, 0.4) is 0 Å². The molecule has 0 spiro atoms. The SMILES string of the molecule is NC1CCC(Oc2ccc3nnc(-c4ccnc(N5CCCC5)c4)n3c2)c2ccccc21. The fourth-order valence-corrected chi connectivity index (χ4v) is 4.88. The van der Waals surface area contributed by atoms with Crippen LogP contribution in [0.1, 0.15) is 49.0 Å². The van der Waals surface area contributed by atoms with Crippen LogP contribution < -0.4 is 15.4 Å². The molecule has 0 radical (unpaired) electrons. The van der Waals surface area contributed by atoms with E-state index in [4.69, 9.17) is 10.5 Å². The molecule has 0 amide bonds. The molecule has 0 saturated carbocycles. The predicted octanol–water partition coefficient (Wildman–Crippen LogP) is 4.31. The lowest BCUT2D eigenvalue weighted by Gasteiger charge is -2.30. The summed E-state index contributed by atoms with van der Waals surface area (Å²) in [5, 5.41) is 8.82. The molecule has 2 unspecified atom stereocenters. The van der Waals surface area contributed by atoms with E-state index in [0.717, 1.165) is 54.5 Å². The number of hydrogen-bond acceptors (Lipinski definition) is 6. The molecule has 32 heavy (non-hydrogen) atoms. The second-order valence-corrected chi connectivity index (χ2v) is 8.63. The van der Waals surface area contributed by atoms with E-state index in [1.165, 1.54) is 24.0 Å². The summed E-state index contributed by atoms with van der Waals surface area (Å²) in [6.07, 6.45) is 8.08. The highest BCUT2D eigenvalue weighted by Gasteiger charge is 2.26. The van der Waals surface area contributed by atoms with Gasteiger partial charge in [-0.1, -0.05) is 24.3 Å². The Hall–Kier alpha value is -3.45. The lowest BCUT2D eigenvalue weighted by molar-refractivity contribution is 0.176. The summed E-state index contributed by atoms with van der Waals surface area (Å²) in [5.41, 5.74) is 10.5. The highest BCUT2D eigenvalue weighted by Crippen LogP contribution is 2.37. The number of fused-ring (bicyclic) bond motifs is 2. The van der Waals surface area contributed by atoms with Crippen molar-refractivity contribution in [2.75, 3.05) is 18.0 Å². The Kier molecular flexibility index (Phi) is 4.76. The third kappa shape index (κ3) is 3.39. The Morgan fingerprint density at radius 1 is 0.938 bits per heavy atom. The van der Waals surface area contributed by atoms with Crippen LogP contribution in [0.15, 0.2) is 60.9 Å². The van der Waals surface area contributed by atoms with Crippen LogP contribution in [0.2, 0.25) is 0 Å². The average molecular weight is 427 g/mol. The molecule has 4 heterocycles. The number of hydrogen-bond donors (Lipinski definition) is 1. The van der Waals surface area contributed by atoms with E-state index in [1.807, 2.05) is 41.1 Å². The monoisotopic (exact) mass is 426 g/mol. The van der Waals surface area contributed by atoms with Gasteiger partial charge >= 0.3 is 0 Å². The molecule has 1 aromatic carbocycles. The molecule has 1 fully saturated rings. The highest BCUT2D eigenvalue weighted by molar-refractivity contribution is 5.63. The number of benzene rings is 1. The third-order valence-corrected chi connectivity index (χ3v) is 6.57. The second-order valence-electron chi connectivity index (χ2n) is 8.63. The van der Waals surface area contributed by atoms with Gasteiger partial charge in [-0.05, 0) is 61.1 Å². The van der Waals surface area contributed by atoms with Crippen molar-refractivity contribution in [1.82, 2.24) is 19.6 Å². The van der Waals surface area contributed by atoms with Crippen molar-refractivity contribution in [2.45, 2.75) is 37.8 Å². The van der Waals surface area contributed by atoms with E-state index in [-0.39, 0.29) is 12.1 Å². The quantitative estimate of drug-likeness (QED) is 0.524. The molecule has 1 saturated heterocycles. The molecule has 7 nitrogen and oxygen atoms in total. The summed E-state index contributed by atoms with van der Waals surface area (Å²) < 4.78 is 8.45. The normalized spacial score (nSPS) is 20.5. The Balaban J connectivity index is 1.33. The van der Waals surface area contributed by atoms with Crippen LogP contribution in [0, 0.1) is 0 Å². The van der Waals surface area contributed by atoms with Crippen molar-refractivity contribution < 1.29 is 4.74 Å². The Bertz CT molecular complexity index is 1260. The van der Waals surface area contributed by atoms with Gasteiger partial charge in [-0.2, -0.15) is 0 Å². The van der Waals surface area contributed by atoms with Crippen LogP contribution in [0.4, 0.5) is 5.82 Å². The summed E-state index contributed by atoms with van der Waals surface area (Å²) in [6, 6.07) is 16.4. The van der Waals surface area contributed by atoms with Gasteiger partial charge in [0.15, 0.2) is 11.5 Å². The van der Waals surface area contributed by atoms with E-state index in [9.17, 15) is 0 Å². The number of anilines is 1. The highest BCUT2D eigenvalue weighted by atomic mass is 16.5. The van der Waals surface area contributed by atoms with E-state index in [1.54, 1.807) is 0 Å². The molecule has 2 N–H and O–H groups in total. The molecule has 1 aliphatic heterocycles. The van der Waals surface area contributed by atoms with Gasteiger partial charge in [0.1, 0.15) is 17.7 Å². The Morgan fingerprint density at radius 3 is 2.66 bits per heavy atom. The molecule has 4 aromatic rings. The number of nitrogens with two attached hydrogens (primary N) is 1. The van der Waals surface area contributed by atoms with Crippen LogP contribution in [-0.4, -0.2) is 32.7 Å². The first-order chi connectivity index (χ1) is 15.8. The lowest BCUT2D eigenvalue weighted by Crippen LogP contribution is -2.23. The van der Waals surface area contributed by atoms with Crippen molar-refractivity contribution in [1.29, 1.82) is 0 Å². The Labute approximate surface area is 186 Å². The maximum atomic E-state index is 6.45. The van der Waals surface area contributed by atoms with E-state index in [0.29, 0.717) is 0 Å². The van der Waals surface area contributed by atoms with E-state index < -0.39 is 0 Å². The molecule has 6 rings (SSSR count). The van der Waals surface area contributed by atoms with Crippen molar-refractivity contribution >= 4 is 11.5 Å². The smallest absolute Gasteiger partial charge is 0.168 e. The summed E-state index contributed by atoms with van der Waals surface area (Å²) in [5.74, 6) is 2.58. The molecular formula is C25H26N6O. The molecular weight excluding hydrogens is 400 g/mol. The molecule has 162 valence electrons. The van der Waals surface area contributed by atoms with Crippen LogP contribution in [0.5, 0.6) is 5.75 Å². The molecule has 2 aliphatic rings. The first kappa shape index (κ1) is 19.3. The number of pyridine rings is 2. The zero-order chi connectivity index (χ0) is 21.5. The van der Waals surface area contributed by atoms with Crippen LogP contribution in [-0.2, 0) is 0 Å². The van der Waals surface area contributed by atoms with Crippen molar-refractivity contribution in [3.63, 3.8) is 0 Å². The predicted molar refractivity (Wildman–Crippen MR) is 124 cm³/mol. The summed E-state index contributed by atoms with van der Waals surface area (Å²) in [4.78, 5) is 6.89. The largest absolute Gasteiger partial charge is 0.484 e. The van der Waals surface area contributed by atoms with Gasteiger partial charge in [-0.3, -0.25) is 4.40 Å². The molecule has 7 heteroatoms. The van der Waals surface area contributed by atoms with E-state index >= 15 is 0 Å². The summed E-state index contributed by atoms with van der Waals surface area (Å²) >= 11 is 0. The van der Waals surface area contributed by atoms with Gasteiger partial charge in [0.2, 0.25) is 0 Å². The fourth-order valence-electron chi connectivity index (χ4n) is 4.88. The van der Waals surface area contributed by atoms with Crippen molar-refractivity contribution in [2.24, 2.45) is 5.73 Å². The maximum Gasteiger partial charge on any atom is 0.168 e. The lowest BCUT2D eigenvalue weighted by atomic mass is 9.86. The minimum Gasteiger partial charge on any atom is -0.484 e.